The fraction of sp³-hybridized carbons (Fsp3) is 0.417. The number of benzene rings is 1. The van der Waals surface area contributed by atoms with E-state index in [0.29, 0.717) is 17.9 Å². The third-order valence-corrected chi connectivity index (χ3v) is 2.19. The summed E-state index contributed by atoms with van der Waals surface area (Å²) in [6.45, 7) is 4.19. The number of methoxy groups -OCH3 is 1. The minimum atomic E-state index is -0.284. The van der Waals surface area contributed by atoms with Gasteiger partial charge in [0, 0.05) is 0 Å². The topological polar surface area (TPSA) is 35.5 Å². The lowest BCUT2D eigenvalue weighted by molar-refractivity contribution is 0.0524. The van der Waals surface area contributed by atoms with Crippen LogP contribution in [0.2, 0.25) is 0 Å². The summed E-state index contributed by atoms with van der Waals surface area (Å²) >= 11 is 0. The molecule has 1 aromatic rings. The van der Waals surface area contributed by atoms with Gasteiger partial charge < -0.3 is 9.47 Å². The summed E-state index contributed by atoms with van der Waals surface area (Å²) in [4.78, 5) is 11.6. The van der Waals surface area contributed by atoms with E-state index < -0.39 is 0 Å². The fourth-order valence-electron chi connectivity index (χ4n) is 1.39. The quantitative estimate of drug-likeness (QED) is 0.713. The van der Waals surface area contributed by atoms with E-state index in [-0.39, 0.29) is 5.97 Å². The van der Waals surface area contributed by atoms with Gasteiger partial charge in [-0.25, -0.2) is 4.79 Å². The minimum absolute atomic E-state index is 0.284. The molecule has 0 unspecified atom stereocenters. The van der Waals surface area contributed by atoms with Crippen LogP contribution in [0.25, 0.3) is 0 Å². The zero-order chi connectivity index (χ0) is 11.3. The number of esters is 1. The number of aryl methyl sites for hydroxylation is 1. The van der Waals surface area contributed by atoms with Gasteiger partial charge in [-0.3, -0.25) is 0 Å². The third-order valence-electron chi connectivity index (χ3n) is 2.19. The first kappa shape index (κ1) is 11.6. The average molecular weight is 208 g/mol. The van der Waals surface area contributed by atoms with Crippen LogP contribution in [0.5, 0.6) is 5.75 Å². The van der Waals surface area contributed by atoms with Crippen molar-refractivity contribution >= 4 is 5.97 Å². The molecule has 0 aliphatic heterocycles. The summed E-state index contributed by atoms with van der Waals surface area (Å²) in [7, 11) is 1.58. The maximum Gasteiger partial charge on any atom is 0.338 e. The molecular formula is C12H16O3. The normalized spacial score (nSPS) is 9.80. The second kappa shape index (κ2) is 5.39. The van der Waals surface area contributed by atoms with Crippen molar-refractivity contribution in [2.24, 2.45) is 0 Å². The zero-order valence-corrected chi connectivity index (χ0v) is 9.37. The summed E-state index contributed by atoms with van der Waals surface area (Å²) in [5.74, 6) is 0.392. The van der Waals surface area contributed by atoms with E-state index in [9.17, 15) is 4.79 Å². The van der Waals surface area contributed by atoms with E-state index in [0.717, 1.165) is 12.0 Å². The molecule has 3 nitrogen and oxygen atoms in total. The molecule has 1 aromatic carbocycles. The summed E-state index contributed by atoms with van der Waals surface area (Å²) in [6, 6.07) is 5.46. The lowest BCUT2D eigenvalue weighted by Crippen LogP contribution is -2.08. The second-order valence-corrected chi connectivity index (χ2v) is 3.10. The standard InChI is InChI=1S/C12H16O3/c1-4-9-6-7-10(14-3)8-11(9)12(13)15-5-2/h6-8H,4-5H2,1-3H3. The van der Waals surface area contributed by atoms with Crippen molar-refractivity contribution in [3.63, 3.8) is 0 Å². The summed E-state index contributed by atoms with van der Waals surface area (Å²) in [6.07, 6.45) is 0.804. The monoisotopic (exact) mass is 208 g/mol. The van der Waals surface area contributed by atoms with Crippen molar-refractivity contribution in [1.29, 1.82) is 0 Å². The molecule has 3 heteroatoms. The van der Waals surface area contributed by atoms with Crippen LogP contribution in [0, 0.1) is 0 Å². The smallest absolute Gasteiger partial charge is 0.338 e. The van der Waals surface area contributed by atoms with Crippen LogP contribution in [0.1, 0.15) is 29.8 Å². The molecule has 82 valence electrons. The van der Waals surface area contributed by atoms with Gasteiger partial charge >= 0.3 is 5.97 Å². The van der Waals surface area contributed by atoms with Gasteiger partial charge in [0.2, 0.25) is 0 Å². The van der Waals surface area contributed by atoms with Gasteiger partial charge in [-0.05, 0) is 31.0 Å². The Morgan fingerprint density at radius 2 is 2.07 bits per heavy atom. The summed E-state index contributed by atoms with van der Waals surface area (Å²) in [5.41, 5.74) is 1.58. The molecular weight excluding hydrogens is 192 g/mol. The first-order chi connectivity index (χ1) is 7.22. The summed E-state index contributed by atoms with van der Waals surface area (Å²) < 4.78 is 10.1. The predicted molar refractivity (Wildman–Crippen MR) is 58.3 cm³/mol. The van der Waals surface area contributed by atoms with Crippen LogP contribution in [0.3, 0.4) is 0 Å². The van der Waals surface area contributed by atoms with Crippen molar-refractivity contribution in [1.82, 2.24) is 0 Å². The van der Waals surface area contributed by atoms with Crippen molar-refractivity contribution in [2.75, 3.05) is 13.7 Å². The molecule has 0 heterocycles. The molecule has 0 bridgehead atoms. The van der Waals surface area contributed by atoms with Gasteiger partial charge in [0.05, 0.1) is 19.3 Å². The van der Waals surface area contributed by atoms with Gasteiger partial charge in [0.25, 0.3) is 0 Å². The highest BCUT2D eigenvalue weighted by molar-refractivity contribution is 5.91. The first-order valence-corrected chi connectivity index (χ1v) is 5.07. The molecule has 0 saturated carbocycles. The molecule has 15 heavy (non-hydrogen) atoms. The molecule has 0 atom stereocenters. The molecule has 0 aromatic heterocycles. The second-order valence-electron chi connectivity index (χ2n) is 3.10. The molecule has 1 rings (SSSR count). The Bertz CT molecular complexity index is 345. The molecule has 0 aliphatic carbocycles. The van der Waals surface area contributed by atoms with Crippen LogP contribution in [-0.2, 0) is 11.2 Å². The predicted octanol–water partition coefficient (Wildman–Crippen LogP) is 2.43. The molecule has 0 radical (unpaired) electrons. The number of carbonyl (C=O) groups excluding carboxylic acids is 1. The maximum atomic E-state index is 11.6. The van der Waals surface area contributed by atoms with Gasteiger partial charge in [0.15, 0.2) is 0 Å². The molecule has 0 aliphatic rings. The Balaban J connectivity index is 3.05. The number of hydrogen-bond acceptors (Lipinski definition) is 3. The van der Waals surface area contributed by atoms with E-state index in [4.69, 9.17) is 9.47 Å². The largest absolute Gasteiger partial charge is 0.497 e. The van der Waals surface area contributed by atoms with Crippen molar-refractivity contribution in [3.8, 4) is 5.75 Å². The number of hydrogen-bond donors (Lipinski definition) is 0. The SMILES string of the molecule is CCOC(=O)c1cc(OC)ccc1CC. The third kappa shape index (κ3) is 2.72. The van der Waals surface area contributed by atoms with Gasteiger partial charge in [-0.2, -0.15) is 0 Å². The van der Waals surface area contributed by atoms with E-state index in [1.807, 2.05) is 19.1 Å². The minimum Gasteiger partial charge on any atom is -0.497 e. The Kier molecular flexibility index (Phi) is 4.16. The Labute approximate surface area is 90.0 Å². The van der Waals surface area contributed by atoms with Gasteiger partial charge in [-0.15, -0.1) is 0 Å². The van der Waals surface area contributed by atoms with Crippen molar-refractivity contribution in [3.05, 3.63) is 29.3 Å². The van der Waals surface area contributed by atoms with E-state index in [1.165, 1.54) is 0 Å². The van der Waals surface area contributed by atoms with Crippen LogP contribution in [0.4, 0.5) is 0 Å². The first-order valence-electron chi connectivity index (χ1n) is 5.07. The molecule has 0 N–H and O–H groups in total. The highest BCUT2D eigenvalue weighted by atomic mass is 16.5. The van der Waals surface area contributed by atoms with E-state index >= 15 is 0 Å². The Hall–Kier alpha value is -1.51. The van der Waals surface area contributed by atoms with Crippen LogP contribution in [-0.4, -0.2) is 19.7 Å². The number of ether oxygens (including phenoxy) is 2. The average Bonchev–Trinajstić information content (AvgIpc) is 2.28. The number of rotatable bonds is 4. The van der Waals surface area contributed by atoms with Crippen molar-refractivity contribution in [2.45, 2.75) is 20.3 Å². The lowest BCUT2D eigenvalue weighted by Gasteiger charge is -2.08. The van der Waals surface area contributed by atoms with Gasteiger partial charge in [0.1, 0.15) is 5.75 Å². The highest BCUT2D eigenvalue weighted by Crippen LogP contribution is 2.19. The van der Waals surface area contributed by atoms with Crippen molar-refractivity contribution < 1.29 is 14.3 Å². The Morgan fingerprint density at radius 3 is 2.60 bits per heavy atom. The van der Waals surface area contributed by atoms with E-state index in [2.05, 4.69) is 0 Å². The molecule has 0 spiro atoms. The van der Waals surface area contributed by atoms with Gasteiger partial charge in [-0.1, -0.05) is 13.0 Å². The molecule has 0 amide bonds. The van der Waals surface area contributed by atoms with E-state index in [1.54, 1.807) is 20.1 Å². The lowest BCUT2D eigenvalue weighted by atomic mass is 10.1. The fourth-order valence-corrected chi connectivity index (χ4v) is 1.39. The van der Waals surface area contributed by atoms with Crippen LogP contribution in [0.15, 0.2) is 18.2 Å². The molecule has 0 fully saturated rings. The Morgan fingerprint density at radius 1 is 1.33 bits per heavy atom. The number of carbonyl (C=O) groups is 1. The molecule has 0 saturated heterocycles. The van der Waals surface area contributed by atoms with Crippen LogP contribution >= 0.6 is 0 Å². The maximum absolute atomic E-state index is 11.6. The highest BCUT2D eigenvalue weighted by Gasteiger charge is 2.12. The zero-order valence-electron chi connectivity index (χ0n) is 9.37. The summed E-state index contributed by atoms with van der Waals surface area (Å²) in [5, 5.41) is 0. The van der Waals surface area contributed by atoms with Crippen LogP contribution < -0.4 is 4.74 Å².